The minimum Gasteiger partial charge on any atom is -0.313 e. The molecule has 2 atom stereocenters. The van der Waals surface area contributed by atoms with Crippen LogP contribution in [-0.4, -0.2) is 24.1 Å². The van der Waals surface area contributed by atoms with Gasteiger partial charge in [-0.25, -0.2) is 8.78 Å². The van der Waals surface area contributed by atoms with Gasteiger partial charge in [0, 0.05) is 11.8 Å². The lowest BCUT2D eigenvalue weighted by Gasteiger charge is -2.19. The maximum absolute atomic E-state index is 13.6. The molecule has 4 heteroatoms. The zero-order chi connectivity index (χ0) is 12.3. The summed E-state index contributed by atoms with van der Waals surface area (Å²) in [5.41, 5.74) is 0.500. The molecule has 17 heavy (non-hydrogen) atoms. The van der Waals surface area contributed by atoms with Gasteiger partial charge in [0.2, 0.25) is 0 Å². The van der Waals surface area contributed by atoms with Crippen molar-refractivity contribution in [1.82, 2.24) is 5.32 Å². The van der Waals surface area contributed by atoms with E-state index >= 15 is 0 Å². The molecule has 0 bridgehead atoms. The lowest BCUT2D eigenvalue weighted by Crippen LogP contribution is -2.36. The van der Waals surface area contributed by atoms with Crippen LogP contribution in [0.15, 0.2) is 18.2 Å². The molecule has 1 aliphatic heterocycles. The number of rotatable bonds is 4. The first-order valence-corrected chi connectivity index (χ1v) is 7.11. The van der Waals surface area contributed by atoms with Crippen molar-refractivity contribution in [1.29, 1.82) is 0 Å². The molecule has 0 spiro atoms. The summed E-state index contributed by atoms with van der Waals surface area (Å²) in [6.07, 6.45) is 0.619. The number of thioether (sulfide) groups is 1. The van der Waals surface area contributed by atoms with Crippen LogP contribution in [0, 0.1) is 17.6 Å². The Morgan fingerprint density at radius 3 is 2.94 bits per heavy atom. The Morgan fingerprint density at radius 1 is 1.35 bits per heavy atom. The fraction of sp³-hybridized carbons (Fsp3) is 0.538. The predicted molar refractivity (Wildman–Crippen MR) is 68.3 cm³/mol. The third-order valence-corrected chi connectivity index (χ3v) is 4.44. The average Bonchev–Trinajstić information content (AvgIpc) is 2.73. The highest BCUT2D eigenvalue weighted by Crippen LogP contribution is 2.28. The Bertz CT molecular complexity index is 384. The van der Waals surface area contributed by atoms with Gasteiger partial charge in [-0.15, -0.1) is 0 Å². The standard InChI is InChI=1S/C13H17F2NS/c1-2-16-12-8-17-7-10(12)6-9-4-3-5-11(14)13(9)15/h3-5,10,12,16H,2,6-8H2,1H3. The van der Waals surface area contributed by atoms with Crippen LogP contribution in [-0.2, 0) is 6.42 Å². The first kappa shape index (κ1) is 12.8. The van der Waals surface area contributed by atoms with Crippen LogP contribution in [0.5, 0.6) is 0 Å². The van der Waals surface area contributed by atoms with Gasteiger partial charge in [-0.1, -0.05) is 19.1 Å². The zero-order valence-electron chi connectivity index (χ0n) is 9.88. The minimum atomic E-state index is -0.742. The molecule has 1 fully saturated rings. The lowest BCUT2D eigenvalue weighted by molar-refractivity contribution is 0.421. The van der Waals surface area contributed by atoms with Crippen LogP contribution in [0.3, 0.4) is 0 Å². The van der Waals surface area contributed by atoms with Gasteiger partial charge >= 0.3 is 0 Å². The van der Waals surface area contributed by atoms with E-state index in [9.17, 15) is 8.78 Å². The first-order valence-electron chi connectivity index (χ1n) is 5.96. The third kappa shape index (κ3) is 2.99. The second kappa shape index (κ2) is 5.83. The van der Waals surface area contributed by atoms with E-state index < -0.39 is 11.6 Å². The Hall–Kier alpha value is -0.610. The molecule has 94 valence electrons. The number of benzene rings is 1. The fourth-order valence-corrected chi connectivity index (χ4v) is 3.71. The van der Waals surface area contributed by atoms with Crippen molar-refractivity contribution in [3.8, 4) is 0 Å². The summed E-state index contributed by atoms with van der Waals surface area (Å²) in [7, 11) is 0. The van der Waals surface area contributed by atoms with Gasteiger partial charge in [-0.2, -0.15) is 11.8 Å². The average molecular weight is 257 g/mol. The van der Waals surface area contributed by atoms with Crippen molar-refractivity contribution in [2.75, 3.05) is 18.1 Å². The number of hydrogen-bond donors (Lipinski definition) is 1. The maximum Gasteiger partial charge on any atom is 0.162 e. The highest BCUT2D eigenvalue weighted by Gasteiger charge is 2.28. The van der Waals surface area contributed by atoms with E-state index in [2.05, 4.69) is 12.2 Å². The molecule has 1 aliphatic rings. The molecule has 1 nitrogen and oxygen atoms in total. The van der Waals surface area contributed by atoms with Gasteiger partial charge in [-0.05, 0) is 36.3 Å². The van der Waals surface area contributed by atoms with Gasteiger partial charge in [0.25, 0.3) is 0 Å². The SMILES string of the molecule is CCNC1CSCC1Cc1cccc(F)c1F. The van der Waals surface area contributed by atoms with E-state index in [1.54, 1.807) is 12.1 Å². The van der Waals surface area contributed by atoms with Gasteiger partial charge in [0.05, 0.1) is 0 Å². The van der Waals surface area contributed by atoms with Crippen molar-refractivity contribution in [2.24, 2.45) is 5.92 Å². The largest absolute Gasteiger partial charge is 0.313 e. The Morgan fingerprint density at radius 2 is 2.18 bits per heavy atom. The van der Waals surface area contributed by atoms with E-state index in [-0.39, 0.29) is 0 Å². The topological polar surface area (TPSA) is 12.0 Å². The number of hydrogen-bond acceptors (Lipinski definition) is 2. The summed E-state index contributed by atoms with van der Waals surface area (Å²) in [6.45, 7) is 3.00. The van der Waals surface area contributed by atoms with E-state index in [0.29, 0.717) is 23.9 Å². The molecule has 1 N–H and O–H groups in total. The summed E-state index contributed by atoms with van der Waals surface area (Å²) < 4.78 is 26.7. The molecule has 1 aromatic rings. The molecular weight excluding hydrogens is 240 g/mol. The molecule has 1 aromatic carbocycles. The van der Waals surface area contributed by atoms with E-state index in [1.165, 1.54) is 6.07 Å². The molecule has 2 unspecified atom stereocenters. The molecule has 0 amide bonds. The highest BCUT2D eigenvalue weighted by molar-refractivity contribution is 7.99. The second-order valence-corrected chi connectivity index (χ2v) is 5.45. The van der Waals surface area contributed by atoms with Gasteiger partial charge in [0.1, 0.15) is 0 Å². The number of nitrogens with one attached hydrogen (secondary N) is 1. The van der Waals surface area contributed by atoms with Gasteiger partial charge in [0.15, 0.2) is 11.6 Å². The van der Waals surface area contributed by atoms with Crippen LogP contribution >= 0.6 is 11.8 Å². The predicted octanol–water partition coefficient (Wildman–Crippen LogP) is 2.85. The lowest BCUT2D eigenvalue weighted by atomic mass is 9.94. The Kier molecular flexibility index (Phi) is 4.40. The summed E-state index contributed by atoms with van der Waals surface area (Å²) in [6, 6.07) is 4.86. The monoisotopic (exact) mass is 257 g/mol. The normalized spacial score (nSPS) is 24.2. The Balaban J connectivity index is 2.07. The van der Waals surface area contributed by atoms with Crippen LogP contribution in [0.1, 0.15) is 12.5 Å². The zero-order valence-corrected chi connectivity index (χ0v) is 10.7. The molecule has 0 saturated carbocycles. The minimum absolute atomic E-state index is 0.399. The molecule has 2 rings (SSSR count). The quantitative estimate of drug-likeness (QED) is 0.890. The second-order valence-electron chi connectivity index (χ2n) is 4.38. The van der Waals surface area contributed by atoms with Crippen molar-refractivity contribution < 1.29 is 8.78 Å². The van der Waals surface area contributed by atoms with Crippen LogP contribution in [0.4, 0.5) is 8.78 Å². The van der Waals surface area contributed by atoms with Crippen LogP contribution < -0.4 is 5.32 Å². The summed E-state index contributed by atoms with van der Waals surface area (Å²) in [4.78, 5) is 0. The van der Waals surface area contributed by atoms with Crippen LogP contribution in [0.25, 0.3) is 0 Å². The van der Waals surface area contributed by atoms with Crippen molar-refractivity contribution in [3.05, 3.63) is 35.4 Å². The van der Waals surface area contributed by atoms with E-state index in [0.717, 1.165) is 18.1 Å². The third-order valence-electron chi connectivity index (χ3n) is 3.18. The summed E-state index contributed by atoms with van der Waals surface area (Å²) >= 11 is 1.88. The number of halogens is 2. The summed E-state index contributed by atoms with van der Waals surface area (Å²) in [5.74, 6) is 1.06. The first-order chi connectivity index (χ1) is 8.22. The van der Waals surface area contributed by atoms with Gasteiger partial charge in [-0.3, -0.25) is 0 Å². The molecule has 0 aliphatic carbocycles. The smallest absolute Gasteiger partial charge is 0.162 e. The van der Waals surface area contributed by atoms with Gasteiger partial charge < -0.3 is 5.32 Å². The van der Waals surface area contributed by atoms with Crippen LogP contribution in [0.2, 0.25) is 0 Å². The molecule has 0 radical (unpaired) electrons. The van der Waals surface area contributed by atoms with Crippen molar-refractivity contribution >= 4 is 11.8 Å². The maximum atomic E-state index is 13.6. The summed E-state index contributed by atoms with van der Waals surface area (Å²) in [5, 5.41) is 3.41. The molecular formula is C13H17F2NS. The van der Waals surface area contributed by atoms with E-state index in [4.69, 9.17) is 0 Å². The Labute approximate surface area is 105 Å². The highest BCUT2D eigenvalue weighted by atomic mass is 32.2. The fourth-order valence-electron chi connectivity index (χ4n) is 2.28. The molecule has 0 aromatic heterocycles. The van der Waals surface area contributed by atoms with Crippen molar-refractivity contribution in [2.45, 2.75) is 19.4 Å². The van der Waals surface area contributed by atoms with Crippen molar-refractivity contribution in [3.63, 3.8) is 0 Å². The van der Waals surface area contributed by atoms with E-state index in [1.807, 2.05) is 11.8 Å². The molecule has 1 saturated heterocycles. The molecule has 1 heterocycles.